The average molecular weight is 308 g/mol. The Balaban J connectivity index is 1.66. The largest absolute Gasteiger partial charge is 0.388 e. The number of fused-ring (bicyclic) bond motifs is 1. The van der Waals surface area contributed by atoms with Gasteiger partial charge in [0, 0.05) is 20.6 Å². The first-order valence-electron chi connectivity index (χ1n) is 7.61. The zero-order valence-electron chi connectivity index (χ0n) is 13.0. The van der Waals surface area contributed by atoms with E-state index in [1.165, 1.54) is 24.8 Å². The molecular formula is C14H22N5O3+. The second-order valence-electron chi connectivity index (χ2n) is 6.10. The summed E-state index contributed by atoms with van der Waals surface area (Å²) in [6, 6.07) is -0.992. The van der Waals surface area contributed by atoms with Gasteiger partial charge in [-0.15, -0.1) is 0 Å². The summed E-state index contributed by atoms with van der Waals surface area (Å²) in [6.07, 6.45) is 3.35. The smallest absolute Gasteiger partial charge is 0.333 e. The Kier molecular flexibility index (Phi) is 3.96. The van der Waals surface area contributed by atoms with Crippen molar-refractivity contribution in [3.63, 3.8) is 0 Å². The number of imide groups is 1. The molecule has 0 spiro atoms. The Morgan fingerprint density at radius 3 is 2.68 bits per heavy atom. The Hall–Kier alpha value is -1.80. The number of aliphatic hydroxyl groups is 1. The van der Waals surface area contributed by atoms with Crippen molar-refractivity contribution >= 4 is 24.1 Å². The minimum Gasteiger partial charge on any atom is -0.388 e. The third kappa shape index (κ3) is 2.52. The van der Waals surface area contributed by atoms with Gasteiger partial charge in [-0.1, -0.05) is 0 Å². The number of aliphatic hydroxyl groups excluding tert-OH is 1. The summed E-state index contributed by atoms with van der Waals surface area (Å²) in [5.41, 5.74) is 0. The van der Waals surface area contributed by atoms with E-state index in [2.05, 4.69) is 9.89 Å². The maximum Gasteiger partial charge on any atom is 0.333 e. The van der Waals surface area contributed by atoms with Crippen LogP contribution in [-0.4, -0.2) is 101 Å². The zero-order chi connectivity index (χ0) is 15.9. The van der Waals surface area contributed by atoms with Crippen LogP contribution in [0.25, 0.3) is 0 Å². The Labute approximate surface area is 129 Å². The molecule has 2 atom stereocenters. The van der Waals surface area contributed by atoms with Crippen LogP contribution in [0, 0.1) is 0 Å². The number of urea groups is 1. The zero-order valence-corrected chi connectivity index (χ0v) is 13.0. The fourth-order valence-corrected chi connectivity index (χ4v) is 3.26. The van der Waals surface area contributed by atoms with Gasteiger partial charge in [0.15, 0.2) is 0 Å². The lowest BCUT2D eigenvalue weighted by Gasteiger charge is -2.31. The first-order valence-corrected chi connectivity index (χ1v) is 7.61. The highest BCUT2D eigenvalue weighted by Gasteiger charge is 2.50. The molecule has 22 heavy (non-hydrogen) atoms. The summed E-state index contributed by atoms with van der Waals surface area (Å²) in [4.78, 5) is 33.1. The molecule has 0 aromatic heterocycles. The standard InChI is InChI=1S/C14H22N5O3/c1-16-12-11(13(21)17(2)14(16)22)19(9-15-12)8-10(20)7-18-5-3-4-6-18/h9-11,20H,3-8H2,1-2H3/q+1. The van der Waals surface area contributed by atoms with Crippen LogP contribution in [-0.2, 0) is 4.79 Å². The van der Waals surface area contributed by atoms with Crippen LogP contribution in [0.4, 0.5) is 4.79 Å². The first-order chi connectivity index (χ1) is 10.5. The Morgan fingerprint density at radius 2 is 2.00 bits per heavy atom. The molecule has 0 radical (unpaired) electrons. The van der Waals surface area contributed by atoms with E-state index in [-0.39, 0.29) is 11.9 Å². The van der Waals surface area contributed by atoms with Crippen LogP contribution >= 0.6 is 0 Å². The molecule has 1 N–H and O–H groups in total. The number of nitrogens with zero attached hydrogens (tertiary/aromatic N) is 5. The van der Waals surface area contributed by atoms with Gasteiger partial charge in [-0.2, -0.15) is 0 Å². The van der Waals surface area contributed by atoms with Crippen LogP contribution in [0.15, 0.2) is 4.99 Å². The quantitative estimate of drug-likeness (QED) is 0.661. The number of carbonyl (C=O) groups is 2. The summed E-state index contributed by atoms with van der Waals surface area (Å²) in [7, 11) is 3.07. The maximum absolute atomic E-state index is 12.3. The predicted octanol–water partition coefficient (Wildman–Crippen LogP) is -1.21. The monoisotopic (exact) mass is 308 g/mol. The van der Waals surface area contributed by atoms with Gasteiger partial charge in [-0.3, -0.25) is 14.6 Å². The third-order valence-corrected chi connectivity index (χ3v) is 4.49. The molecule has 2 fully saturated rings. The number of likely N-dealkylation sites (tertiary alicyclic amines) is 1. The highest BCUT2D eigenvalue weighted by molar-refractivity contribution is 6.21. The van der Waals surface area contributed by atoms with E-state index < -0.39 is 12.1 Å². The van der Waals surface area contributed by atoms with Crippen LogP contribution < -0.4 is 0 Å². The number of amidine groups is 1. The molecule has 3 heterocycles. The fourth-order valence-electron chi connectivity index (χ4n) is 3.26. The predicted molar refractivity (Wildman–Crippen MR) is 80.0 cm³/mol. The maximum atomic E-state index is 12.3. The molecule has 0 aliphatic carbocycles. The van der Waals surface area contributed by atoms with Crippen LogP contribution in [0.1, 0.15) is 12.8 Å². The van der Waals surface area contributed by atoms with Gasteiger partial charge in [-0.05, 0) is 30.9 Å². The molecule has 3 aliphatic rings. The van der Waals surface area contributed by atoms with Crippen molar-refractivity contribution in [2.45, 2.75) is 25.0 Å². The van der Waals surface area contributed by atoms with Gasteiger partial charge >= 0.3 is 6.03 Å². The van der Waals surface area contributed by atoms with Crippen molar-refractivity contribution in [1.29, 1.82) is 0 Å². The van der Waals surface area contributed by atoms with E-state index in [1.807, 2.05) is 0 Å². The molecule has 3 rings (SSSR count). The minimum atomic E-state index is -0.610. The van der Waals surface area contributed by atoms with E-state index in [0.29, 0.717) is 18.9 Å². The molecular weight excluding hydrogens is 286 g/mol. The minimum absolute atomic E-state index is 0.302. The molecule has 0 aromatic rings. The second-order valence-corrected chi connectivity index (χ2v) is 6.10. The lowest BCUT2D eigenvalue weighted by atomic mass is 10.1. The third-order valence-electron chi connectivity index (χ3n) is 4.49. The van der Waals surface area contributed by atoms with Crippen molar-refractivity contribution in [3.05, 3.63) is 0 Å². The normalized spacial score (nSPS) is 27.1. The van der Waals surface area contributed by atoms with Gasteiger partial charge in [0.1, 0.15) is 12.6 Å². The number of amides is 3. The van der Waals surface area contributed by atoms with Gasteiger partial charge in [-0.25, -0.2) is 9.37 Å². The average Bonchev–Trinajstić information content (AvgIpc) is 3.12. The van der Waals surface area contributed by atoms with E-state index in [1.54, 1.807) is 18.0 Å². The molecule has 3 amide bonds. The molecule has 120 valence electrons. The van der Waals surface area contributed by atoms with E-state index in [9.17, 15) is 14.7 Å². The summed E-state index contributed by atoms with van der Waals surface area (Å²) in [5.74, 6) is 0.130. The molecule has 0 aromatic carbocycles. The number of β-amino-alcohol motifs (C(OH)–C–C–N with tert-alkyl or cyclic N) is 1. The second kappa shape index (κ2) is 5.77. The van der Waals surface area contributed by atoms with Crippen molar-refractivity contribution < 1.29 is 19.3 Å². The number of hydrogen-bond donors (Lipinski definition) is 1. The van der Waals surface area contributed by atoms with E-state index >= 15 is 0 Å². The lowest BCUT2D eigenvalue weighted by molar-refractivity contribution is -0.539. The number of aliphatic imine (C=N–C) groups is 1. The number of likely N-dealkylation sites (N-methyl/N-ethyl adjacent to an activating group) is 2. The number of rotatable bonds is 4. The molecule has 2 saturated heterocycles. The van der Waals surface area contributed by atoms with E-state index in [0.717, 1.165) is 18.0 Å². The highest BCUT2D eigenvalue weighted by Crippen LogP contribution is 2.17. The number of carbonyl (C=O) groups excluding carboxylic acids is 2. The van der Waals surface area contributed by atoms with Crippen LogP contribution in [0.2, 0.25) is 0 Å². The summed E-state index contributed by atoms with van der Waals surface area (Å²) in [5, 5.41) is 10.3. The molecule has 2 unspecified atom stereocenters. The number of hydrogen-bond acceptors (Lipinski definition) is 5. The molecule has 3 aliphatic heterocycles. The Morgan fingerprint density at radius 1 is 1.32 bits per heavy atom. The first kappa shape index (κ1) is 15.1. The fraction of sp³-hybridized carbons (Fsp3) is 0.714. The van der Waals surface area contributed by atoms with E-state index in [4.69, 9.17) is 0 Å². The van der Waals surface area contributed by atoms with Crippen molar-refractivity contribution in [3.8, 4) is 0 Å². The summed E-state index contributed by atoms with van der Waals surface area (Å²) < 4.78 is 1.72. The highest BCUT2D eigenvalue weighted by atomic mass is 16.3. The van der Waals surface area contributed by atoms with Crippen molar-refractivity contribution in [2.24, 2.45) is 4.99 Å². The van der Waals surface area contributed by atoms with Gasteiger partial charge in [0.05, 0.1) is 0 Å². The SMILES string of the molecule is CN1C(=O)C2C(=NC=[N+]2CC(O)CN2CCCC2)N(C)C1=O. The van der Waals surface area contributed by atoms with Gasteiger partial charge in [0.2, 0.25) is 0 Å². The Bertz CT molecular complexity index is 553. The molecule has 8 heteroatoms. The molecule has 0 saturated carbocycles. The van der Waals surface area contributed by atoms with Crippen LogP contribution in [0.5, 0.6) is 0 Å². The van der Waals surface area contributed by atoms with Gasteiger partial charge < -0.3 is 10.0 Å². The lowest BCUT2D eigenvalue weighted by Crippen LogP contribution is -2.62. The van der Waals surface area contributed by atoms with Crippen LogP contribution in [0.3, 0.4) is 0 Å². The summed E-state index contributed by atoms with van der Waals surface area (Å²) >= 11 is 0. The van der Waals surface area contributed by atoms with Crippen molar-refractivity contribution in [1.82, 2.24) is 14.7 Å². The molecule has 8 nitrogen and oxygen atoms in total. The van der Waals surface area contributed by atoms with Gasteiger partial charge in [0.25, 0.3) is 24.1 Å². The van der Waals surface area contributed by atoms with Crippen molar-refractivity contribution in [2.75, 3.05) is 40.3 Å². The topological polar surface area (TPSA) is 79.5 Å². The summed E-state index contributed by atoms with van der Waals surface area (Å²) in [6.45, 7) is 2.97. The molecule has 0 bridgehead atoms.